The fourth-order valence-corrected chi connectivity index (χ4v) is 2.66. The first-order valence-corrected chi connectivity index (χ1v) is 7.46. The Morgan fingerprint density at radius 1 is 1.33 bits per heavy atom. The van der Waals surface area contributed by atoms with Crippen LogP contribution in [-0.2, 0) is 13.1 Å². The van der Waals surface area contributed by atoms with E-state index in [1.165, 1.54) is 0 Å². The van der Waals surface area contributed by atoms with E-state index in [1.807, 2.05) is 29.8 Å². The van der Waals surface area contributed by atoms with Gasteiger partial charge in [0.15, 0.2) is 0 Å². The summed E-state index contributed by atoms with van der Waals surface area (Å²) >= 11 is 1.58. The molecule has 3 rings (SSSR count). The van der Waals surface area contributed by atoms with Crippen LogP contribution >= 0.6 is 11.3 Å². The number of hydrogen-bond acceptors (Lipinski definition) is 6. The van der Waals surface area contributed by atoms with Crippen molar-refractivity contribution >= 4 is 17.0 Å². The monoisotopic (exact) mass is 301 g/mol. The molecule has 0 amide bonds. The summed E-state index contributed by atoms with van der Waals surface area (Å²) in [5.41, 5.74) is 2.77. The van der Waals surface area contributed by atoms with Crippen LogP contribution in [0.15, 0.2) is 42.2 Å². The molecule has 0 atom stereocenters. The Hall–Kier alpha value is -2.25. The van der Waals surface area contributed by atoms with Gasteiger partial charge in [-0.2, -0.15) is 5.10 Å². The molecule has 0 aliphatic rings. The molecular weight excluding hydrogens is 286 g/mol. The lowest BCUT2D eigenvalue weighted by molar-refractivity contribution is 0.269. The molecule has 108 valence electrons. The Kier molecular flexibility index (Phi) is 4.23. The maximum atomic E-state index is 8.85. The van der Waals surface area contributed by atoms with Crippen molar-refractivity contribution in [1.29, 1.82) is 0 Å². The molecule has 3 aromatic heterocycles. The van der Waals surface area contributed by atoms with E-state index in [9.17, 15) is 0 Å². The molecule has 21 heavy (non-hydrogen) atoms. The molecule has 0 saturated carbocycles. The van der Waals surface area contributed by atoms with Crippen LogP contribution in [0.3, 0.4) is 0 Å². The zero-order valence-electron chi connectivity index (χ0n) is 11.3. The van der Waals surface area contributed by atoms with Crippen LogP contribution in [0.25, 0.3) is 10.7 Å². The summed E-state index contributed by atoms with van der Waals surface area (Å²) < 4.78 is 1.70. The Labute approximate surface area is 126 Å². The molecular formula is C14H15N5OS. The number of nitrogens with one attached hydrogen (secondary N) is 1. The number of nitrogens with zero attached hydrogens (tertiary/aromatic N) is 4. The third-order valence-electron chi connectivity index (χ3n) is 2.87. The quantitative estimate of drug-likeness (QED) is 0.728. The third kappa shape index (κ3) is 3.45. The van der Waals surface area contributed by atoms with Crippen molar-refractivity contribution in [2.75, 3.05) is 11.9 Å². The average Bonchev–Trinajstić information content (AvgIpc) is 3.16. The molecule has 0 spiro atoms. The molecule has 0 unspecified atom stereocenters. The Balaban J connectivity index is 1.62. The van der Waals surface area contributed by atoms with Crippen molar-refractivity contribution in [2.24, 2.45) is 0 Å². The van der Waals surface area contributed by atoms with E-state index in [4.69, 9.17) is 5.11 Å². The minimum Gasteiger partial charge on any atom is -0.394 e. The van der Waals surface area contributed by atoms with E-state index in [2.05, 4.69) is 20.4 Å². The van der Waals surface area contributed by atoms with Crippen molar-refractivity contribution in [2.45, 2.75) is 13.1 Å². The fraction of sp³-hybridized carbons (Fsp3) is 0.214. The SMILES string of the molecule is OCCn1cc(NCc2csc(-c3ccccn3)n2)cn1. The number of aliphatic hydroxyl groups is 1. The molecule has 0 aromatic carbocycles. The Morgan fingerprint density at radius 2 is 2.29 bits per heavy atom. The number of aliphatic hydroxyl groups excluding tert-OH is 1. The molecule has 3 heterocycles. The second kappa shape index (κ2) is 6.47. The van der Waals surface area contributed by atoms with Gasteiger partial charge in [0.1, 0.15) is 5.01 Å². The topological polar surface area (TPSA) is 75.9 Å². The fourth-order valence-electron chi connectivity index (χ4n) is 1.87. The number of thiazole rings is 1. The molecule has 0 bridgehead atoms. The molecule has 7 heteroatoms. The van der Waals surface area contributed by atoms with Gasteiger partial charge in [-0.1, -0.05) is 6.07 Å². The van der Waals surface area contributed by atoms with E-state index < -0.39 is 0 Å². The first-order chi connectivity index (χ1) is 10.3. The van der Waals surface area contributed by atoms with Gasteiger partial charge in [0.25, 0.3) is 0 Å². The maximum Gasteiger partial charge on any atom is 0.142 e. The van der Waals surface area contributed by atoms with Crippen LogP contribution in [-0.4, -0.2) is 31.5 Å². The van der Waals surface area contributed by atoms with Gasteiger partial charge in [-0.25, -0.2) is 4.98 Å². The van der Waals surface area contributed by atoms with Crippen LogP contribution in [0.5, 0.6) is 0 Å². The van der Waals surface area contributed by atoms with Crippen molar-refractivity contribution in [1.82, 2.24) is 19.7 Å². The van der Waals surface area contributed by atoms with Gasteiger partial charge in [-0.3, -0.25) is 9.67 Å². The highest BCUT2D eigenvalue weighted by molar-refractivity contribution is 7.13. The van der Waals surface area contributed by atoms with E-state index in [0.29, 0.717) is 13.1 Å². The van der Waals surface area contributed by atoms with Crippen molar-refractivity contribution < 1.29 is 5.11 Å². The van der Waals surface area contributed by atoms with Gasteiger partial charge in [-0.05, 0) is 12.1 Å². The number of rotatable bonds is 6. The highest BCUT2D eigenvalue weighted by Crippen LogP contribution is 2.21. The molecule has 0 aliphatic heterocycles. The van der Waals surface area contributed by atoms with Gasteiger partial charge in [0.2, 0.25) is 0 Å². The molecule has 3 aromatic rings. The van der Waals surface area contributed by atoms with Gasteiger partial charge in [0, 0.05) is 17.8 Å². The van der Waals surface area contributed by atoms with Gasteiger partial charge < -0.3 is 10.4 Å². The summed E-state index contributed by atoms with van der Waals surface area (Å²) in [6, 6.07) is 5.80. The molecule has 2 N–H and O–H groups in total. The van der Waals surface area contributed by atoms with Crippen LogP contribution < -0.4 is 5.32 Å². The lowest BCUT2D eigenvalue weighted by atomic mass is 10.3. The largest absolute Gasteiger partial charge is 0.394 e. The summed E-state index contributed by atoms with van der Waals surface area (Å²) in [4.78, 5) is 8.86. The van der Waals surface area contributed by atoms with Gasteiger partial charge >= 0.3 is 0 Å². The number of aromatic nitrogens is 4. The number of pyridine rings is 1. The summed E-state index contributed by atoms with van der Waals surface area (Å²) in [6.07, 6.45) is 5.37. The number of anilines is 1. The first-order valence-electron chi connectivity index (χ1n) is 6.58. The summed E-state index contributed by atoms with van der Waals surface area (Å²) in [6.45, 7) is 1.22. The standard InChI is InChI=1S/C14H15N5OS/c20-6-5-19-9-11(8-17-19)16-7-12-10-21-14(18-12)13-3-1-2-4-15-13/h1-4,8-10,16,20H,5-7H2. The van der Waals surface area contributed by atoms with Crippen LogP contribution in [0.4, 0.5) is 5.69 Å². The molecule has 0 fully saturated rings. The zero-order valence-corrected chi connectivity index (χ0v) is 12.1. The van der Waals surface area contributed by atoms with Crippen molar-refractivity contribution in [3.05, 3.63) is 47.9 Å². The molecule has 0 saturated heterocycles. The molecule has 6 nitrogen and oxygen atoms in total. The average molecular weight is 301 g/mol. The van der Waals surface area contributed by atoms with Crippen molar-refractivity contribution in [3.63, 3.8) is 0 Å². The maximum absolute atomic E-state index is 8.85. The van der Waals surface area contributed by atoms with E-state index in [0.717, 1.165) is 22.1 Å². The lowest BCUT2D eigenvalue weighted by Crippen LogP contribution is -2.02. The predicted molar refractivity (Wildman–Crippen MR) is 82.0 cm³/mol. The van der Waals surface area contributed by atoms with E-state index in [-0.39, 0.29) is 6.61 Å². The zero-order chi connectivity index (χ0) is 14.5. The minimum absolute atomic E-state index is 0.0840. The molecule has 0 radical (unpaired) electrons. The smallest absolute Gasteiger partial charge is 0.142 e. The number of hydrogen-bond donors (Lipinski definition) is 2. The molecule has 0 aliphatic carbocycles. The normalized spacial score (nSPS) is 10.7. The minimum atomic E-state index is 0.0840. The predicted octanol–water partition coefficient (Wildman–Crippen LogP) is 2.01. The summed E-state index contributed by atoms with van der Waals surface area (Å²) in [5, 5.41) is 19.2. The highest BCUT2D eigenvalue weighted by atomic mass is 32.1. The van der Waals surface area contributed by atoms with E-state index >= 15 is 0 Å². The Morgan fingerprint density at radius 3 is 3.10 bits per heavy atom. The van der Waals surface area contributed by atoms with Crippen LogP contribution in [0.1, 0.15) is 5.69 Å². The summed E-state index contributed by atoms with van der Waals surface area (Å²) in [5.74, 6) is 0. The summed E-state index contributed by atoms with van der Waals surface area (Å²) in [7, 11) is 0. The van der Waals surface area contributed by atoms with Crippen LogP contribution in [0, 0.1) is 0 Å². The van der Waals surface area contributed by atoms with Crippen LogP contribution in [0.2, 0.25) is 0 Å². The second-order valence-electron chi connectivity index (χ2n) is 4.43. The van der Waals surface area contributed by atoms with Crippen molar-refractivity contribution in [3.8, 4) is 10.7 Å². The Bertz CT molecular complexity index is 694. The van der Waals surface area contributed by atoms with Gasteiger partial charge in [-0.15, -0.1) is 11.3 Å². The third-order valence-corrected chi connectivity index (χ3v) is 3.79. The lowest BCUT2D eigenvalue weighted by Gasteiger charge is -2.00. The first kappa shape index (κ1) is 13.7. The highest BCUT2D eigenvalue weighted by Gasteiger charge is 2.05. The second-order valence-corrected chi connectivity index (χ2v) is 5.29. The van der Waals surface area contributed by atoms with E-state index in [1.54, 1.807) is 28.4 Å². The van der Waals surface area contributed by atoms with Gasteiger partial charge in [0.05, 0.1) is 43.0 Å².